The van der Waals surface area contributed by atoms with Gasteiger partial charge in [0, 0.05) is 16.1 Å². The number of aryl methyl sites for hydroxylation is 3. The van der Waals surface area contributed by atoms with Gasteiger partial charge in [0.25, 0.3) is 5.91 Å². The number of anilines is 1. The Labute approximate surface area is 169 Å². The van der Waals surface area contributed by atoms with Crippen molar-refractivity contribution in [2.75, 3.05) is 5.32 Å². The van der Waals surface area contributed by atoms with Gasteiger partial charge in [-0.25, -0.2) is 4.98 Å². The van der Waals surface area contributed by atoms with E-state index < -0.39 is 0 Å². The van der Waals surface area contributed by atoms with Crippen LogP contribution in [0.25, 0.3) is 15.3 Å². The predicted molar refractivity (Wildman–Crippen MR) is 113 cm³/mol. The van der Waals surface area contributed by atoms with E-state index in [4.69, 9.17) is 4.98 Å². The van der Waals surface area contributed by atoms with Crippen LogP contribution in [0.2, 0.25) is 0 Å². The summed E-state index contributed by atoms with van der Waals surface area (Å²) in [6, 6.07) is 13.3. The van der Waals surface area contributed by atoms with Gasteiger partial charge in [-0.2, -0.15) is 9.78 Å². The number of aromatic nitrogens is 3. The summed E-state index contributed by atoms with van der Waals surface area (Å²) in [6.45, 7) is 6.03. The van der Waals surface area contributed by atoms with E-state index >= 15 is 0 Å². The fourth-order valence-electron chi connectivity index (χ4n) is 2.97. The van der Waals surface area contributed by atoms with Gasteiger partial charge in [-0.1, -0.05) is 33.3 Å². The molecular formula is C20H17BrN4OS. The van der Waals surface area contributed by atoms with E-state index in [1.54, 1.807) is 28.2 Å². The van der Waals surface area contributed by atoms with Gasteiger partial charge in [0.1, 0.15) is 5.82 Å². The quantitative estimate of drug-likeness (QED) is 0.462. The molecule has 0 saturated carbocycles. The Kier molecular flexibility index (Phi) is 4.57. The molecule has 4 rings (SSSR count). The lowest BCUT2D eigenvalue weighted by Crippen LogP contribution is -2.15. The number of hydrogen-bond donors (Lipinski definition) is 1. The highest BCUT2D eigenvalue weighted by molar-refractivity contribution is 9.10. The fourth-order valence-corrected chi connectivity index (χ4v) is 4.35. The van der Waals surface area contributed by atoms with Crippen LogP contribution in [-0.2, 0) is 0 Å². The molecule has 2 aromatic heterocycles. The first-order valence-electron chi connectivity index (χ1n) is 8.42. The molecule has 0 atom stereocenters. The molecule has 7 heteroatoms. The van der Waals surface area contributed by atoms with Crippen LogP contribution < -0.4 is 5.32 Å². The van der Waals surface area contributed by atoms with Gasteiger partial charge in [-0.3, -0.25) is 4.79 Å². The highest BCUT2D eigenvalue weighted by Crippen LogP contribution is 2.30. The first-order valence-corrected chi connectivity index (χ1v) is 10.0. The van der Waals surface area contributed by atoms with Crippen LogP contribution in [0.4, 0.5) is 5.82 Å². The maximum absolute atomic E-state index is 12.6. The average molecular weight is 441 g/mol. The van der Waals surface area contributed by atoms with E-state index in [2.05, 4.69) is 52.3 Å². The lowest BCUT2D eigenvalue weighted by Gasteiger charge is -2.06. The van der Waals surface area contributed by atoms with Crippen LogP contribution in [0, 0.1) is 20.8 Å². The van der Waals surface area contributed by atoms with E-state index in [0.717, 1.165) is 31.1 Å². The Hall–Kier alpha value is -2.51. The van der Waals surface area contributed by atoms with Gasteiger partial charge in [0.2, 0.25) is 5.13 Å². The minimum absolute atomic E-state index is 0.184. The van der Waals surface area contributed by atoms with Crippen molar-refractivity contribution in [3.8, 4) is 5.13 Å². The zero-order valence-electron chi connectivity index (χ0n) is 15.1. The van der Waals surface area contributed by atoms with Crippen molar-refractivity contribution in [2.45, 2.75) is 20.8 Å². The molecule has 1 N–H and O–H groups in total. The Bertz CT molecular complexity index is 1160. The Balaban J connectivity index is 1.72. The molecule has 0 aliphatic carbocycles. The topological polar surface area (TPSA) is 59.8 Å². The zero-order chi connectivity index (χ0) is 19.1. The van der Waals surface area contributed by atoms with Gasteiger partial charge in [-0.15, -0.1) is 0 Å². The molecule has 5 nitrogen and oxygen atoms in total. The predicted octanol–water partition coefficient (Wildman–Crippen LogP) is 5.42. The van der Waals surface area contributed by atoms with Gasteiger partial charge in [0.15, 0.2) is 0 Å². The summed E-state index contributed by atoms with van der Waals surface area (Å²) in [6.07, 6.45) is 0. The largest absolute Gasteiger partial charge is 0.306 e. The number of benzene rings is 2. The van der Waals surface area contributed by atoms with Crippen LogP contribution in [0.1, 0.15) is 27.2 Å². The number of hydrogen-bond acceptors (Lipinski definition) is 4. The highest BCUT2D eigenvalue weighted by atomic mass is 79.9. The number of halogens is 1. The molecule has 0 aliphatic heterocycles. The summed E-state index contributed by atoms with van der Waals surface area (Å²) in [5.41, 5.74) is 4.71. The summed E-state index contributed by atoms with van der Waals surface area (Å²) < 4.78 is 3.74. The summed E-state index contributed by atoms with van der Waals surface area (Å²) in [5, 5.41) is 8.21. The van der Waals surface area contributed by atoms with Crippen molar-refractivity contribution < 1.29 is 4.79 Å². The fraction of sp³-hybridized carbons (Fsp3) is 0.150. The second kappa shape index (κ2) is 6.90. The van der Waals surface area contributed by atoms with Crippen molar-refractivity contribution in [3.05, 3.63) is 69.3 Å². The Morgan fingerprint density at radius 3 is 2.59 bits per heavy atom. The smallest absolute Gasteiger partial charge is 0.256 e. The number of nitrogens with zero attached hydrogens (tertiary/aromatic N) is 3. The van der Waals surface area contributed by atoms with E-state index in [9.17, 15) is 4.79 Å². The summed E-state index contributed by atoms with van der Waals surface area (Å²) in [4.78, 5) is 17.4. The van der Waals surface area contributed by atoms with Crippen LogP contribution in [0.15, 0.2) is 46.9 Å². The van der Waals surface area contributed by atoms with Crippen LogP contribution in [0.3, 0.4) is 0 Å². The lowest BCUT2D eigenvalue weighted by molar-refractivity contribution is 0.102. The van der Waals surface area contributed by atoms with Gasteiger partial charge in [-0.05, 0) is 62.2 Å². The van der Waals surface area contributed by atoms with Gasteiger partial charge >= 0.3 is 0 Å². The number of carbonyl (C=O) groups excluding carboxylic acids is 1. The summed E-state index contributed by atoms with van der Waals surface area (Å²) >= 11 is 4.94. The minimum atomic E-state index is -0.184. The lowest BCUT2D eigenvalue weighted by atomic mass is 10.1. The standard InChI is InChI=1S/C20H17BrN4OS/c1-11-8-12(2)18-16(9-11)27-20(23-18)25-17(10-13(3)24-25)22-19(26)14-4-6-15(21)7-5-14/h4-10H,1-3H3,(H,22,26). The van der Waals surface area contributed by atoms with Crippen molar-refractivity contribution in [1.29, 1.82) is 0 Å². The van der Waals surface area contributed by atoms with Crippen molar-refractivity contribution in [3.63, 3.8) is 0 Å². The first kappa shape index (κ1) is 17.9. The van der Waals surface area contributed by atoms with Crippen molar-refractivity contribution >= 4 is 49.2 Å². The molecule has 27 heavy (non-hydrogen) atoms. The number of carbonyl (C=O) groups is 1. The molecule has 2 heterocycles. The SMILES string of the molecule is Cc1cc(C)c2nc(-n3nc(C)cc3NC(=O)c3ccc(Br)cc3)sc2c1. The number of rotatable bonds is 3. The normalized spacial score (nSPS) is 11.1. The van der Waals surface area contributed by atoms with Crippen molar-refractivity contribution in [2.24, 2.45) is 0 Å². The molecule has 2 aromatic carbocycles. The molecule has 0 spiro atoms. The third kappa shape index (κ3) is 3.52. The minimum Gasteiger partial charge on any atom is -0.306 e. The molecular weight excluding hydrogens is 424 g/mol. The summed E-state index contributed by atoms with van der Waals surface area (Å²) in [7, 11) is 0. The second-order valence-corrected chi connectivity index (χ2v) is 8.39. The maximum Gasteiger partial charge on any atom is 0.256 e. The number of amides is 1. The molecule has 0 radical (unpaired) electrons. The monoisotopic (exact) mass is 440 g/mol. The number of fused-ring (bicyclic) bond motifs is 1. The van der Waals surface area contributed by atoms with E-state index in [0.29, 0.717) is 11.4 Å². The molecule has 4 aromatic rings. The maximum atomic E-state index is 12.6. The zero-order valence-corrected chi connectivity index (χ0v) is 17.5. The van der Waals surface area contributed by atoms with Crippen molar-refractivity contribution in [1.82, 2.24) is 14.8 Å². The second-order valence-electron chi connectivity index (χ2n) is 6.47. The highest BCUT2D eigenvalue weighted by Gasteiger charge is 2.16. The van der Waals surface area contributed by atoms with E-state index in [-0.39, 0.29) is 5.91 Å². The number of nitrogens with one attached hydrogen (secondary N) is 1. The third-order valence-electron chi connectivity index (χ3n) is 4.18. The molecule has 0 fully saturated rings. The first-order chi connectivity index (χ1) is 12.9. The van der Waals surface area contributed by atoms with Gasteiger partial charge in [0.05, 0.1) is 15.9 Å². The van der Waals surface area contributed by atoms with E-state index in [1.807, 2.05) is 25.1 Å². The molecule has 0 aliphatic rings. The summed E-state index contributed by atoms with van der Waals surface area (Å²) in [5.74, 6) is 0.422. The Morgan fingerprint density at radius 1 is 1.11 bits per heavy atom. The van der Waals surface area contributed by atoms with Gasteiger partial charge < -0.3 is 5.32 Å². The van der Waals surface area contributed by atoms with Crippen LogP contribution in [-0.4, -0.2) is 20.7 Å². The molecule has 0 saturated heterocycles. The van der Waals surface area contributed by atoms with Crippen LogP contribution in [0.5, 0.6) is 0 Å². The molecule has 1 amide bonds. The number of thiazole rings is 1. The van der Waals surface area contributed by atoms with E-state index in [1.165, 1.54) is 5.56 Å². The molecule has 0 bridgehead atoms. The third-order valence-corrected chi connectivity index (χ3v) is 5.69. The molecule has 0 unspecified atom stereocenters. The average Bonchev–Trinajstić information content (AvgIpc) is 3.18. The Morgan fingerprint density at radius 2 is 1.85 bits per heavy atom. The molecule has 136 valence electrons. The van der Waals surface area contributed by atoms with Crippen LogP contribution >= 0.6 is 27.3 Å².